The van der Waals surface area contributed by atoms with Gasteiger partial charge in [0.15, 0.2) is 0 Å². The van der Waals surface area contributed by atoms with E-state index in [2.05, 4.69) is 4.52 Å². The summed E-state index contributed by atoms with van der Waals surface area (Å²) in [6.07, 6.45) is 0. The van der Waals surface area contributed by atoms with Gasteiger partial charge in [0, 0.05) is 37.7 Å². The van der Waals surface area contributed by atoms with Gasteiger partial charge >= 0.3 is 7.82 Å². The smallest absolute Gasteiger partial charge is 0.303 e. The number of hydrogen-bond acceptors (Lipinski definition) is 4. The zero-order valence-electron chi connectivity index (χ0n) is 6.72. The monoisotopic (exact) mass is 185 g/mol. The molecule has 0 spiro atoms. The number of phosphoric ester groups is 1. The summed E-state index contributed by atoms with van der Waals surface area (Å²) in [5.74, 6) is -1.02. The number of carbonyl (C=O) groups excluding carboxylic acids is 1. The summed E-state index contributed by atoms with van der Waals surface area (Å²) in [6.45, 7) is -0.874. The Labute approximate surface area is 92.4 Å². The normalized spacial score (nSPS) is 9.25. The van der Waals surface area contributed by atoms with E-state index in [4.69, 9.17) is 15.0 Å². The van der Waals surface area contributed by atoms with Gasteiger partial charge in [0.25, 0.3) is 5.91 Å². The molecular weight excluding hydrogens is 179 g/mol. The van der Waals surface area contributed by atoms with Crippen molar-refractivity contribution >= 4 is 51.5 Å². The van der Waals surface area contributed by atoms with Gasteiger partial charge in [-0.25, -0.2) is 10.0 Å². The Morgan fingerprint density at radius 1 is 1.42 bits per heavy atom. The first kappa shape index (κ1) is 18.5. The molecule has 10 heteroatoms. The summed E-state index contributed by atoms with van der Waals surface area (Å²) >= 11 is 0. The van der Waals surface area contributed by atoms with Crippen molar-refractivity contribution in [1.82, 2.24) is 5.48 Å². The van der Waals surface area contributed by atoms with Gasteiger partial charge in [0.05, 0.1) is 0 Å². The van der Waals surface area contributed by atoms with E-state index in [1.165, 1.54) is 0 Å². The van der Waals surface area contributed by atoms with Crippen LogP contribution in [-0.4, -0.2) is 65.2 Å². The molecule has 0 atom stereocenters. The summed E-state index contributed by atoms with van der Waals surface area (Å²) in [6, 6.07) is 0. The minimum absolute atomic E-state index is 0. The molecule has 0 rings (SSSR count). The fourth-order valence-corrected chi connectivity index (χ4v) is 0.460. The second kappa shape index (κ2) is 8.34. The van der Waals surface area contributed by atoms with E-state index in [0.717, 1.165) is 5.48 Å². The number of hydroxylamine groups is 1. The average Bonchev–Trinajstić information content (AvgIpc) is 1.81. The van der Waals surface area contributed by atoms with Crippen LogP contribution >= 0.6 is 7.82 Å². The summed E-state index contributed by atoms with van der Waals surface area (Å²) in [5.41, 5.74) is 1.13. The Balaban J connectivity index is -0.000000405. The summed E-state index contributed by atoms with van der Waals surface area (Å²) in [4.78, 5) is 26.0. The quantitative estimate of drug-likeness (QED) is 0.172. The van der Waals surface area contributed by atoms with Crippen molar-refractivity contribution in [3.8, 4) is 0 Å². The van der Waals surface area contributed by atoms with E-state index in [-0.39, 0.29) is 37.7 Å². The minimum Gasteiger partial charge on any atom is -0.303 e. The number of hydrogen-bond donors (Lipinski definition) is 4. The molecule has 0 saturated heterocycles. The Morgan fingerprint density at radius 2 is 1.83 bits per heavy atom. The minimum atomic E-state index is -4.60. The summed E-state index contributed by atoms with van der Waals surface area (Å²) < 4.78 is 13.5. The van der Waals surface area contributed by atoms with Crippen LogP contribution < -0.4 is 5.48 Å². The molecule has 0 aromatic rings. The van der Waals surface area contributed by atoms with E-state index in [0.29, 0.717) is 0 Å². The Morgan fingerprint density at radius 3 is 2.08 bits per heavy atom. The fraction of sp³-hybridized carbons (Fsp3) is 0.500. The van der Waals surface area contributed by atoms with Crippen molar-refractivity contribution < 1.29 is 28.9 Å². The standard InChI is InChI=1S/C2H6NO6P.2Li/c4-2(3-5)1-9-10(6,7)8;;/h5H,1H2,(H,3,4)(H2,6,7,8);;. The largest absolute Gasteiger partial charge is 0.470 e. The molecule has 12 heavy (non-hydrogen) atoms. The van der Waals surface area contributed by atoms with Gasteiger partial charge in [-0.3, -0.25) is 14.5 Å². The number of amides is 1. The molecule has 7 nitrogen and oxygen atoms in total. The van der Waals surface area contributed by atoms with Crippen molar-refractivity contribution in [3.05, 3.63) is 0 Å². The van der Waals surface area contributed by atoms with Crippen molar-refractivity contribution in [1.29, 1.82) is 0 Å². The van der Waals surface area contributed by atoms with Gasteiger partial charge in [-0.15, -0.1) is 0 Å². The predicted octanol–water partition coefficient (Wildman–Crippen LogP) is -2.16. The molecule has 0 unspecified atom stereocenters. The predicted molar refractivity (Wildman–Crippen MR) is 39.4 cm³/mol. The molecule has 4 N–H and O–H groups in total. The van der Waals surface area contributed by atoms with Gasteiger partial charge in [0.2, 0.25) is 0 Å². The van der Waals surface area contributed by atoms with Crippen LogP contribution in [0.15, 0.2) is 0 Å². The SMILES string of the molecule is O=C(COP(=O)(O)O)NO.[Li].[Li]. The van der Waals surface area contributed by atoms with E-state index in [9.17, 15) is 9.36 Å². The first-order valence-electron chi connectivity index (χ1n) is 2.09. The van der Waals surface area contributed by atoms with E-state index < -0.39 is 20.3 Å². The maximum absolute atomic E-state index is 10.0. The first-order chi connectivity index (χ1) is 4.45. The van der Waals surface area contributed by atoms with Crippen molar-refractivity contribution in [2.24, 2.45) is 0 Å². The van der Waals surface area contributed by atoms with Crippen LogP contribution in [0.4, 0.5) is 0 Å². The molecule has 0 saturated carbocycles. The molecule has 0 aliphatic rings. The van der Waals surface area contributed by atoms with Crippen molar-refractivity contribution in [2.45, 2.75) is 0 Å². The van der Waals surface area contributed by atoms with E-state index in [1.54, 1.807) is 0 Å². The number of nitrogens with one attached hydrogen (secondary N) is 1. The van der Waals surface area contributed by atoms with E-state index in [1.807, 2.05) is 0 Å². The van der Waals surface area contributed by atoms with Gasteiger partial charge in [-0.1, -0.05) is 0 Å². The molecule has 0 aromatic carbocycles. The zero-order valence-corrected chi connectivity index (χ0v) is 7.62. The summed E-state index contributed by atoms with van der Waals surface area (Å²) in [5, 5.41) is 7.80. The van der Waals surface area contributed by atoms with Crippen LogP contribution in [0.2, 0.25) is 0 Å². The third-order valence-corrected chi connectivity index (χ3v) is 0.954. The van der Waals surface area contributed by atoms with E-state index >= 15 is 0 Å². The third-order valence-electron chi connectivity index (χ3n) is 0.489. The molecule has 0 aliphatic carbocycles. The molecule has 2 radical (unpaired) electrons. The Bertz CT molecular complexity index is 169. The first-order valence-corrected chi connectivity index (χ1v) is 3.62. The Kier molecular flexibility index (Phi) is 12.9. The summed E-state index contributed by atoms with van der Waals surface area (Å²) in [7, 11) is -4.60. The molecule has 0 heterocycles. The topological polar surface area (TPSA) is 116 Å². The van der Waals surface area contributed by atoms with Gasteiger partial charge in [-0.2, -0.15) is 0 Å². The molecule has 0 aromatic heterocycles. The number of carbonyl (C=O) groups is 1. The maximum Gasteiger partial charge on any atom is 0.470 e. The van der Waals surface area contributed by atoms with Crippen LogP contribution in [0.5, 0.6) is 0 Å². The maximum atomic E-state index is 10.0. The molecular formula is C2H6Li2NO6P. The van der Waals surface area contributed by atoms with Crippen molar-refractivity contribution in [3.63, 3.8) is 0 Å². The Hall–Kier alpha value is 0.735. The average molecular weight is 185 g/mol. The van der Waals surface area contributed by atoms with Gasteiger partial charge in [-0.05, 0) is 0 Å². The van der Waals surface area contributed by atoms with Crippen molar-refractivity contribution in [2.75, 3.05) is 6.61 Å². The molecule has 0 aliphatic heterocycles. The van der Waals surface area contributed by atoms with Crippen LogP contribution in [0.3, 0.4) is 0 Å². The van der Waals surface area contributed by atoms with Gasteiger partial charge in [0.1, 0.15) is 6.61 Å². The fourth-order valence-electron chi connectivity index (χ4n) is 0.175. The van der Waals surface area contributed by atoms with Crippen LogP contribution in [0.25, 0.3) is 0 Å². The van der Waals surface area contributed by atoms with Gasteiger partial charge < -0.3 is 9.79 Å². The molecule has 0 fully saturated rings. The number of phosphoric acid groups is 1. The van der Waals surface area contributed by atoms with Crippen LogP contribution in [-0.2, 0) is 13.9 Å². The van der Waals surface area contributed by atoms with Crippen LogP contribution in [0.1, 0.15) is 0 Å². The zero-order chi connectivity index (χ0) is 8.20. The second-order valence-corrected chi connectivity index (χ2v) is 2.54. The van der Waals surface area contributed by atoms with Crippen LogP contribution in [0, 0.1) is 0 Å². The molecule has 0 bridgehead atoms. The third kappa shape index (κ3) is 13.3. The number of rotatable bonds is 3. The molecule has 62 valence electrons. The molecule has 1 amide bonds. The second-order valence-electron chi connectivity index (χ2n) is 1.30.